The molecule has 116 valence electrons. The number of likely N-dealkylation sites (tertiary alicyclic amines) is 1. The summed E-state index contributed by atoms with van der Waals surface area (Å²) in [6, 6.07) is 0. The van der Waals surface area contributed by atoms with Crippen molar-refractivity contribution in [1.29, 1.82) is 0 Å². The first-order chi connectivity index (χ1) is 9.06. The number of hydrogen-bond acceptors (Lipinski definition) is 3. The fourth-order valence-electron chi connectivity index (χ4n) is 3.26. The summed E-state index contributed by atoms with van der Waals surface area (Å²) in [6.45, 7) is 14.8. The van der Waals surface area contributed by atoms with Gasteiger partial charge in [0.1, 0.15) is 5.60 Å². The van der Waals surface area contributed by atoms with Crippen LogP contribution >= 0.6 is 0 Å². The van der Waals surface area contributed by atoms with Crippen LogP contribution in [0, 0.1) is 11.3 Å². The van der Waals surface area contributed by atoms with Crippen LogP contribution in [-0.2, 0) is 9.47 Å². The van der Waals surface area contributed by atoms with Crippen LogP contribution in [0.1, 0.15) is 54.4 Å². The predicted octanol–water partition coefficient (Wildman–Crippen LogP) is 3.45. The van der Waals surface area contributed by atoms with Crippen molar-refractivity contribution in [3.05, 3.63) is 0 Å². The lowest BCUT2D eigenvalue weighted by molar-refractivity contribution is -0.0657. The first-order valence-electron chi connectivity index (χ1n) is 7.68. The number of amides is 1. The van der Waals surface area contributed by atoms with Crippen LogP contribution in [0.25, 0.3) is 0 Å². The zero-order valence-corrected chi connectivity index (χ0v) is 13.8. The van der Waals surface area contributed by atoms with E-state index in [0.29, 0.717) is 5.92 Å². The highest BCUT2D eigenvalue weighted by molar-refractivity contribution is 5.68. The van der Waals surface area contributed by atoms with E-state index in [4.69, 9.17) is 9.47 Å². The minimum absolute atomic E-state index is 0.0397. The Morgan fingerprint density at radius 1 is 1.25 bits per heavy atom. The third kappa shape index (κ3) is 2.95. The second kappa shape index (κ2) is 4.90. The Morgan fingerprint density at radius 3 is 2.20 bits per heavy atom. The van der Waals surface area contributed by atoms with Gasteiger partial charge < -0.3 is 14.4 Å². The Morgan fingerprint density at radius 2 is 1.80 bits per heavy atom. The number of hydrogen-bond donors (Lipinski definition) is 0. The van der Waals surface area contributed by atoms with Gasteiger partial charge in [-0.15, -0.1) is 0 Å². The van der Waals surface area contributed by atoms with E-state index in [2.05, 4.69) is 20.8 Å². The van der Waals surface area contributed by atoms with Crippen LogP contribution in [-0.4, -0.2) is 41.9 Å². The molecule has 4 heteroatoms. The second-order valence-corrected chi connectivity index (χ2v) is 8.03. The molecule has 2 fully saturated rings. The maximum atomic E-state index is 12.1. The Kier molecular flexibility index (Phi) is 3.83. The van der Waals surface area contributed by atoms with Crippen LogP contribution in [0.2, 0.25) is 0 Å². The van der Waals surface area contributed by atoms with Gasteiger partial charge in [-0.1, -0.05) is 20.8 Å². The molecule has 0 bridgehead atoms. The van der Waals surface area contributed by atoms with Gasteiger partial charge in [0.2, 0.25) is 0 Å². The molecule has 0 aliphatic carbocycles. The molecule has 2 aliphatic heterocycles. The SMILES string of the molecule is CC1C(C)(C)COC12CCN(C(=O)OC(C)(C)C)CC2. The molecule has 2 rings (SSSR count). The highest BCUT2D eigenvalue weighted by Crippen LogP contribution is 2.49. The normalized spacial score (nSPS) is 28.7. The van der Waals surface area contributed by atoms with Crippen LogP contribution in [0.3, 0.4) is 0 Å². The van der Waals surface area contributed by atoms with E-state index in [1.165, 1.54) is 0 Å². The smallest absolute Gasteiger partial charge is 0.410 e. The summed E-state index contributed by atoms with van der Waals surface area (Å²) in [7, 11) is 0. The molecule has 2 aliphatic rings. The highest BCUT2D eigenvalue weighted by Gasteiger charge is 2.52. The molecule has 20 heavy (non-hydrogen) atoms. The largest absolute Gasteiger partial charge is 0.444 e. The number of rotatable bonds is 0. The first-order valence-corrected chi connectivity index (χ1v) is 7.68. The number of nitrogens with zero attached hydrogens (tertiary/aromatic N) is 1. The third-order valence-corrected chi connectivity index (χ3v) is 4.95. The van der Waals surface area contributed by atoms with Gasteiger partial charge in [0.15, 0.2) is 0 Å². The van der Waals surface area contributed by atoms with Crippen LogP contribution < -0.4 is 0 Å². The lowest BCUT2D eigenvalue weighted by Gasteiger charge is -2.42. The highest BCUT2D eigenvalue weighted by atomic mass is 16.6. The van der Waals surface area contributed by atoms with Crippen molar-refractivity contribution in [3.8, 4) is 0 Å². The summed E-state index contributed by atoms with van der Waals surface area (Å²) in [4.78, 5) is 13.9. The van der Waals surface area contributed by atoms with E-state index in [9.17, 15) is 4.79 Å². The molecule has 0 saturated carbocycles. The summed E-state index contributed by atoms with van der Waals surface area (Å²) < 4.78 is 11.6. The maximum absolute atomic E-state index is 12.1. The van der Waals surface area contributed by atoms with E-state index < -0.39 is 5.60 Å². The number of carbonyl (C=O) groups is 1. The van der Waals surface area contributed by atoms with Gasteiger partial charge in [-0.05, 0) is 44.9 Å². The molecule has 2 heterocycles. The molecule has 4 nitrogen and oxygen atoms in total. The van der Waals surface area contributed by atoms with E-state index in [1.807, 2.05) is 25.7 Å². The van der Waals surface area contributed by atoms with Crippen molar-refractivity contribution in [2.45, 2.75) is 65.6 Å². The van der Waals surface area contributed by atoms with Gasteiger partial charge >= 0.3 is 6.09 Å². The average Bonchev–Trinajstić information content (AvgIpc) is 2.53. The van der Waals surface area contributed by atoms with Gasteiger partial charge in [-0.2, -0.15) is 0 Å². The summed E-state index contributed by atoms with van der Waals surface area (Å²) in [6.07, 6.45) is 1.63. The second-order valence-electron chi connectivity index (χ2n) is 8.03. The Bertz CT molecular complexity index is 376. The van der Waals surface area contributed by atoms with Gasteiger partial charge in [-0.3, -0.25) is 0 Å². The van der Waals surface area contributed by atoms with Crippen LogP contribution in [0.5, 0.6) is 0 Å². The molecular weight excluding hydrogens is 254 g/mol. The van der Waals surface area contributed by atoms with Crippen molar-refractivity contribution in [2.75, 3.05) is 19.7 Å². The minimum Gasteiger partial charge on any atom is -0.444 e. The van der Waals surface area contributed by atoms with E-state index >= 15 is 0 Å². The molecule has 0 aromatic rings. The van der Waals surface area contributed by atoms with Crippen molar-refractivity contribution in [3.63, 3.8) is 0 Å². The monoisotopic (exact) mass is 283 g/mol. The first kappa shape index (κ1) is 15.6. The molecule has 1 unspecified atom stereocenters. The number of carbonyl (C=O) groups excluding carboxylic acids is 1. The standard InChI is InChI=1S/C16H29NO3/c1-12-15(5,6)11-19-16(12)7-9-17(10-8-16)13(18)20-14(2,3)4/h12H,7-11H2,1-6H3. The van der Waals surface area contributed by atoms with Crippen LogP contribution in [0.15, 0.2) is 0 Å². The van der Waals surface area contributed by atoms with Gasteiger partial charge in [0.05, 0.1) is 12.2 Å². The molecule has 1 atom stereocenters. The summed E-state index contributed by atoms with van der Waals surface area (Å²) in [5.41, 5.74) is -0.235. The van der Waals surface area contributed by atoms with Crippen molar-refractivity contribution >= 4 is 6.09 Å². The third-order valence-electron chi connectivity index (χ3n) is 4.95. The molecule has 1 amide bonds. The molecular formula is C16H29NO3. The molecule has 0 aromatic carbocycles. The fraction of sp³-hybridized carbons (Fsp3) is 0.938. The van der Waals surface area contributed by atoms with Crippen molar-refractivity contribution in [1.82, 2.24) is 4.90 Å². The summed E-state index contributed by atoms with van der Waals surface area (Å²) in [5.74, 6) is 0.524. The van der Waals surface area contributed by atoms with Crippen LogP contribution in [0.4, 0.5) is 4.79 Å². The molecule has 2 saturated heterocycles. The molecule has 0 radical (unpaired) electrons. The quantitative estimate of drug-likeness (QED) is 0.683. The Labute approximate surface area is 122 Å². The summed E-state index contributed by atoms with van der Waals surface area (Å²) >= 11 is 0. The van der Waals surface area contributed by atoms with E-state index in [0.717, 1.165) is 32.5 Å². The molecule has 0 aromatic heterocycles. The lowest BCUT2D eigenvalue weighted by Crippen LogP contribution is -2.50. The average molecular weight is 283 g/mol. The van der Waals surface area contributed by atoms with Gasteiger partial charge in [0, 0.05) is 13.1 Å². The van der Waals surface area contributed by atoms with Gasteiger partial charge in [0.25, 0.3) is 0 Å². The van der Waals surface area contributed by atoms with Crippen molar-refractivity contribution < 1.29 is 14.3 Å². The predicted molar refractivity (Wildman–Crippen MR) is 78.7 cm³/mol. The summed E-state index contributed by atoms with van der Waals surface area (Å²) in [5, 5.41) is 0. The number of piperidine rings is 1. The Balaban J connectivity index is 1.95. The topological polar surface area (TPSA) is 38.8 Å². The zero-order valence-electron chi connectivity index (χ0n) is 13.8. The zero-order chi connectivity index (χ0) is 15.2. The maximum Gasteiger partial charge on any atom is 0.410 e. The fourth-order valence-corrected chi connectivity index (χ4v) is 3.26. The lowest BCUT2D eigenvalue weighted by atomic mass is 9.70. The van der Waals surface area contributed by atoms with E-state index in [-0.39, 0.29) is 17.1 Å². The van der Waals surface area contributed by atoms with Gasteiger partial charge in [-0.25, -0.2) is 4.79 Å². The Hall–Kier alpha value is -0.770. The number of ether oxygens (including phenoxy) is 2. The molecule has 1 spiro atoms. The molecule has 0 N–H and O–H groups in total. The van der Waals surface area contributed by atoms with Crippen molar-refractivity contribution in [2.24, 2.45) is 11.3 Å². The minimum atomic E-state index is -0.425. The van der Waals surface area contributed by atoms with E-state index in [1.54, 1.807) is 0 Å².